The third-order valence-electron chi connectivity index (χ3n) is 2.60. The van der Waals surface area contributed by atoms with Crippen LogP contribution in [0.2, 0.25) is 5.15 Å². The van der Waals surface area contributed by atoms with Crippen molar-refractivity contribution < 1.29 is 0 Å². The predicted molar refractivity (Wildman–Crippen MR) is 72.5 cm³/mol. The molecule has 2 aromatic rings. The number of hydrogen-bond donors (Lipinski definition) is 0. The molecule has 0 N–H and O–H groups in total. The first-order chi connectivity index (χ1) is 8.18. The monoisotopic (exact) mass is 264 g/mol. The summed E-state index contributed by atoms with van der Waals surface area (Å²) < 4.78 is 0. The van der Waals surface area contributed by atoms with E-state index in [4.69, 9.17) is 11.6 Å². The maximum Gasteiger partial charge on any atom is 0.136 e. The van der Waals surface area contributed by atoms with Gasteiger partial charge in [-0.1, -0.05) is 35.9 Å². The summed E-state index contributed by atoms with van der Waals surface area (Å²) in [6.07, 6.45) is 1.51. The van der Waals surface area contributed by atoms with E-state index in [2.05, 4.69) is 41.2 Å². The van der Waals surface area contributed by atoms with Gasteiger partial charge in [0.15, 0.2) is 0 Å². The maximum atomic E-state index is 5.96. The van der Waals surface area contributed by atoms with Crippen LogP contribution in [-0.4, -0.2) is 9.97 Å². The summed E-state index contributed by atoms with van der Waals surface area (Å²) in [7, 11) is 0. The van der Waals surface area contributed by atoms with Gasteiger partial charge < -0.3 is 0 Å². The second kappa shape index (κ2) is 5.52. The number of hydrogen-bond acceptors (Lipinski definition) is 3. The third-order valence-corrected chi connectivity index (χ3v) is 4.12. The van der Waals surface area contributed by atoms with Crippen LogP contribution in [0.4, 0.5) is 0 Å². The van der Waals surface area contributed by atoms with Crippen LogP contribution >= 0.6 is 23.4 Å². The van der Waals surface area contributed by atoms with E-state index >= 15 is 0 Å². The van der Waals surface area contributed by atoms with E-state index in [-0.39, 0.29) is 0 Å². The Bertz CT molecular complexity index is 529. The van der Waals surface area contributed by atoms with Gasteiger partial charge >= 0.3 is 0 Å². The van der Waals surface area contributed by atoms with Crippen molar-refractivity contribution in [1.82, 2.24) is 9.97 Å². The van der Waals surface area contributed by atoms with E-state index in [1.165, 1.54) is 17.5 Å². The van der Waals surface area contributed by atoms with Gasteiger partial charge in [0.2, 0.25) is 0 Å². The Morgan fingerprint density at radius 1 is 1.18 bits per heavy atom. The van der Waals surface area contributed by atoms with Crippen molar-refractivity contribution >= 4 is 23.4 Å². The molecule has 0 spiro atoms. The quantitative estimate of drug-likeness (QED) is 0.618. The molecule has 2 rings (SSSR count). The molecular weight excluding hydrogens is 252 g/mol. The molecular formula is C13H13ClN2S. The van der Waals surface area contributed by atoms with Gasteiger partial charge in [0, 0.05) is 11.3 Å². The smallest absolute Gasteiger partial charge is 0.136 e. The lowest BCUT2D eigenvalue weighted by atomic mass is 10.1. The van der Waals surface area contributed by atoms with Crippen LogP contribution < -0.4 is 0 Å². The number of aryl methyl sites for hydroxylation is 1. The zero-order valence-electron chi connectivity index (χ0n) is 9.77. The first kappa shape index (κ1) is 12.4. The van der Waals surface area contributed by atoms with Gasteiger partial charge in [-0.05, 0) is 25.0 Å². The van der Waals surface area contributed by atoms with Crippen LogP contribution in [0.25, 0.3) is 0 Å². The molecule has 0 amide bonds. The highest BCUT2D eigenvalue weighted by atomic mass is 35.5. The molecule has 2 nitrogen and oxygen atoms in total. The zero-order chi connectivity index (χ0) is 12.3. The van der Waals surface area contributed by atoms with Crippen LogP contribution in [0.5, 0.6) is 0 Å². The first-order valence-electron chi connectivity index (χ1n) is 5.33. The van der Waals surface area contributed by atoms with Crippen molar-refractivity contribution in [3.05, 3.63) is 52.4 Å². The van der Waals surface area contributed by atoms with Crippen LogP contribution in [0.1, 0.15) is 16.7 Å². The molecule has 0 fully saturated rings. The molecule has 1 aromatic heterocycles. The Hall–Kier alpha value is -1.06. The van der Waals surface area contributed by atoms with Crippen LogP contribution in [0.15, 0.2) is 35.6 Å². The molecule has 4 heteroatoms. The predicted octanol–water partition coefficient (Wildman–Crippen LogP) is 4.04. The first-order valence-corrected chi connectivity index (χ1v) is 6.69. The largest absolute Gasteiger partial charge is 0.230 e. The molecule has 0 atom stereocenters. The lowest BCUT2D eigenvalue weighted by molar-refractivity contribution is 1.00. The molecule has 0 aliphatic carbocycles. The number of benzene rings is 1. The molecule has 1 aromatic carbocycles. The fraction of sp³-hybridized carbons (Fsp3) is 0.231. The fourth-order valence-corrected chi connectivity index (χ4v) is 2.72. The summed E-state index contributed by atoms with van der Waals surface area (Å²) in [6, 6.07) is 8.37. The molecule has 0 unspecified atom stereocenters. The average molecular weight is 265 g/mol. The van der Waals surface area contributed by atoms with Crippen LogP contribution in [0.3, 0.4) is 0 Å². The Labute approximate surface area is 110 Å². The standard InChI is InChI=1S/C13H13ClN2S/c1-9-5-3-4-6-11(9)7-17-13-10(2)12(14)15-8-16-13/h3-6,8H,7H2,1-2H3. The number of nitrogens with zero attached hydrogens (tertiary/aromatic N) is 2. The minimum Gasteiger partial charge on any atom is -0.230 e. The van der Waals surface area contributed by atoms with Crippen molar-refractivity contribution in [1.29, 1.82) is 0 Å². The van der Waals surface area contributed by atoms with Crippen molar-refractivity contribution in [2.24, 2.45) is 0 Å². The molecule has 17 heavy (non-hydrogen) atoms. The van der Waals surface area contributed by atoms with Gasteiger partial charge in [0.1, 0.15) is 16.5 Å². The fourth-order valence-electron chi connectivity index (χ4n) is 1.48. The summed E-state index contributed by atoms with van der Waals surface area (Å²) >= 11 is 7.66. The number of rotatable bonds is 3. The lowest BCUT2D eigenvalue weighted by Gasteiger charge is -2.07. The van der Waals surface area contributed by atoms with E-state index in [0.29, 0.717) is 5.15 Å². The van der Waals surface area contributed by atoms with Crippen molar-refractivity contribution in [2.75, 3.05) is 0 Å². The average Bonchev–Trinajstić information content (AvgIpc) is 2.33. The lowest BCUT2D eigenvalue weighted by Crippen LogP contribution is -1.91. The van der Waals surface area contributed by atoms with Gasteiger partial charge in [-0.25, -0.2) is 9.97 Å². The zero-order valence-corrected chi connectivity index (χ0v) is 11.3. The maximum absolute atomic E-state index is 5.96. The topological polar surface area (TPSA) is 25.8 Å². The van der Waals surface area contributed by atoms with Gasteiger partial charge in [0.25, 0.3) is 0 Å². The van der Waals surface area contributed by atoms with E-state index in [0.717, 1.165) is 16.3 Å². The van der Waals surface area contributed by atoms with Crippen molar-refractivity contribution in [3.8, 4) is 0 Å². The minimum atomic E-state index is 0.535. The summed E-state index contributed by atoms with van der Waals surface area (Å²) in [5, 5.41) is 1.49. The number of aromatic nitrogens is 2. The van der Waals surface area contributed by atoms with Gasteiger partial charge in [-0.15, -0.1) is 11.8 Å². The molecule has 0 aliphatic heterocycles. The summed E-state index contributed by atoms with van der Waals surface area (Å²) in [4.78, 5) is 8.20. The number of halogens is 1. The Balaban J connectivity index is 2.13. The summed E-state index contributed by atoms with van der Waals surface area (Å²) in [5.74, 6) is 0.904. The van der Waals surface area contributed by atoms with E-state index in [9.17, 15) is 0 Å². The van der Waals surface area contributed by atoms with E-state index < -0.39 is 0 Å². The highest BCUT2D eigenvalue weighted by molar-refractivity contribution is 7.98. The van der Waals surface area contributed by atoms with Gasteiger partial charge in [0.05, 0.1) is 0 Å². The van der Waals surface area contributed by atoms with E-state index in [1.807, 2.05) is 6.92 Å². The molecule has 0 aliphatic rings. The molecule has 0 saturated heterocycles. The van der Waals surface area contributed by atoms with Crippen LogP contribution in [0, 0.1) is 13.8 Å². The van der Waals surface area contributed by atoms with Crippen molar-refractivity contribution in [2.45, 2.75) is 24.6 Å². The van der Waals surface area contributed by atoms with Gasteiger partial charge in [-0.2, -0.15) is 0 Å². The van der Waals surface area contributed by atoms with Crippen LogP contribution in [-0.2, 0) is 5.75 Å². The molecule has 0 saturated carbocycles. The molecule has 0 radical (unpaired) electrons. The second-order valence-electron chi connectivity index (χ2n) is 3.81. The van der Waals surface area contributed by atoms with Crippen molar-refractivity contribution in [3.63, 3.8) is 0 Å². The third kappa shape index (κ3) is 2.99. The molecule has 1 heterocycles. The minimum absolute atomic E-state index is 0.535. The highest BCUT2D eigenvalue weighted by Crippen LogP contribution is 2.27. The summed E-state index contributed by atoms with van der Waals surface area (Å²) in [5.41, 5.74) is 3.58. The molecule has 0 bridgehead atoms. The normalized spacial score (nSPS) is 10.5. The SMILES string of the molecule is Cc1ccccc1CSc1ncnc(Cl)c1C. The highest BCUT2D eigenvalue weighted by Gasteiger charge is 2.06. The molecule has 88 valence electrons. The Morgan fingerprint density at radius 3 is 2.71 bits per heavy atom. The Kier molecular flexibility index (Phi) is 4.02. The second-order valence-corrected chi connectivity index (χ2v) is 5.13. The summed E-state index contributed by atoms with van der Waals surface area (Å²) in [6.45, 7) is 4.07. The number of thioether (sulfide) groups is 1. The Morgan fingerprint density at radius 2 is 1.94 bits per heavy atom. The van der Waals surface area contributed by atoms with E-state index in [1.54, 1.807) is 11.8 Å². The van der Waals surface area contributed by atoms with Gasteiger partial charge in [-0.3, -0.25) is 0 Å².